The van der Waals surface area contributed by atoms with Crippen LogP contribution in [0.15, 0.2) is 23.1 Å². The quantitative estimate of drug-likeness (QED) is 0.685. The van der Waals surface area contributed by atoms with Gasteiger partial charge in [0, 0.05) is 24.6 Å². The number of benzene rings is 1. The van der Waals surface area contributed by atoms with Gasteiger partial charge in [-0.05, 0) is 31.0 Å². The number of amides is 1. The Hall–Kier alpha value is -1.51. The van der Waals surface area contributed by atoms with Crippen molar-refractivity contribution in [2.24, 2.45) is 5.73 Å². The monoisotopic (exact) mass is 327 g/mol. The van der Waals surface area contributed by atoms with E-state index < -0.39 is 10.0 Å². The van der Waals surface area contributed by atoms with E-state index in [0.29, 0.717) is 30.5 Å². The first kappa shape index (κ1) is 15.9. The molecule has 0 saturated carbocycles. The second-order valence-electron chi connectivity index (χ2n) is 5.01. The zero-order valence-electron chi connectivity index (χ0n) is 11.5. The summed E-state index contributed by atoms with van der Waals surface area (Å²) >= 11 is 4.87. The number of thiocarbonyl (C=S) groups is 1. The van der Waals surface area contributed by atoms with Gasteiger partial charge in [0.05, 0.1) is 4.90 Å². The Kier molecular flexibility index (Phi) is 4.60. The first-order valence-electron chi connectivity index (χ1n) is 6.49. The number of carbonyl (C=O) groups is 1. The first-order valence-corrected chi connectivity index (χ1v) is 8.38. The van der Waals surface area contributed by atoms with Crippen LogP contribution in [-0.2, 0) is 14.8 Å². The standard InChI is InChI=1S/C13H17N3O3S2/c1-8-6-9(13(14)20)2-4-11(8)21(18,19)16-10-3-5-12(17)15-7-10/h2,4,6,10,16H,3,5,7H2,1H3,(H2,14,20)(H,15,17). The van der Waals surface area contributed by atoms with Gasteiger partial charge in [-0.25, -0.2) is 13.1 Å². The molecule has 1 heterocycles. The summed E-state index contributed by atoms with van der Waals surface area (Å²) in [6.45, 7) is 2.00. The third-order valence-electron chi connectivity index (χ3n) is 3.34. The molecule has 1 fully saturated rings. The fourth-order valence-corrected chi connectivity index (χ4v) is 3.84. The predicted molar refractivity (Wildman–Crippen MR) is 83.4 cm³/mol. The van der Waals surface area contributed by atoms with Gasteiger partial charge < -0.3 is 11.1 Å². The third kappa shape index (κ3) is 3.78. The molecule has 0 aliphatic carbocycles. The molecule has 0 aromatic heterocycles. The molecule has 21 heavy (non-hydrogen) atoms. The van der Waals surface area contributed by atoms with Crippen LogP contribution >= 0.6 is 12.2 Å². The molecule has 1 aliphatic heterocycles. The lowest BCUT2D eigenvalue weighted by molar-refractivity contribution is -0.122. The normalized spacial score (nSPS) is 19.1. The topological polar surface area (TPSA) is 101 Å². The molecule has 1 aromatic carbocycles. The number of rotatable bonds is 4. The number of piperidine rings is 1. The van der Waals surface area contributed by atoms with Gasteiger partial charge in [0.25, 0.3) is 0 Å². The van der Waals surface area contributed by atoms with E-state index in [-0.39, 0.29) is 21.8 Å². The molecular weight excluding hydrogens is 310 g/mol. The SMILES string of the molecule is Cc1cc(C(N)=S)ccc1S(=O)(=O)NC1CCC(=O)NC1. The Labute approximate surface area is 129 Å². The minimum Gasteiger partial charge on any atom is -0.389 e. The molecule has 1 aromatic rings. The molecule has 8 heteroatoms. The number of nitrogens with one attached hydrogen (secondary N) is 2. The fraction of sp³-hybridized carbons (Fsp3) is 0.385. The van der Waals surface area contributed by atoms with Crippen molar-refractivity contribution in [3.63, 3.8) is 0 Å². The van der Waals surface area contributed by atoms with Crippen LogP contribution in [0.2, 0.25) is 0 Å². The second-order valence-corrected chi connectivity index (χ2v) is 7.13. The van der Waals surface area contributed by atoms with Gasteiger partial charge in [-0.2, -0.15) is 0 Å². The lowest BCUT2D eigenvalue weighted by Gasteiger charge is -2.23. The minimum absolute atomic E-state index is 0.0533. The number of aryl methyl sites for hydroxylation is 1. The van der Waals surface area contributed by atoms with Gasteiger partial charge in [-0.15, -0.1) is 0 Å². The third-order valence-corrected chi connectivity index (χ3v) is 5.25. The van der Waals surface area contributed by atoms with Crippen molar-refractivity contribution in [1.82, 2.24) is 10.0 Å². The van der Waals surface area contributed by atoms with Gasteiger partial charge in [-0.3, -0.25) is 4.79 Å². The van der Waals surface area contributed by atoms with Crippen LogP contribution in [0.5, 0.6) is 0 Å². The molecule has 114 valence electrons. The van der Waals surface area contributed by atoms with E-state index in [1.165, 1.54) is 6.07 Å². The molecule has 0 bridgehead atoms. The smallest absolute Gasteiger partial charge is 0.241 e. The second kappa shape index (κ2) is 6.08. The lowest BCUT2D eigenvalue weighted by atomic mass is 10.1. The van der Waals surface area contributed by atoms with Gasteiger partial charge in [0.2, 0.25) is 15.9 Å². The van der Waals surface area contributed by atoms with Gasteiger partial charge in [0.1, 0.15) is 4.99 Å². The number of hydrogen-bond acceptors (Lipinski definition) is 4. The van der Waals surface area contributed by atoms with Crippen molar-refractivity contribution in [2.75, 3.05) is 6.54 Å². The highest BCUT2D eigenvalue weighted by Gasteiger charge is 2.25. The molecule has 1 atom stereocenters. The Balaban J connectivity index is 2.19. The zero-order valence-corrected chi connectivity index (χ0v) is 13.2. The molecule has 4 N–H and O–H groups in total. The molecule has 1 unspecified atom stereocenters. The summed E-state index contributed by atoms with van der Waals surface area (Å²) in [5, 5.41) is 2.65. The molecule has 0 spiro atoms. The predicted octanol–water partition coefficient (Wildman–Crippen LogP) is 0.186. The maximum Gasteiger partial charge on any atom is 0.241 e. The minimum atomic E-state index is -3.64. The van der Waals surface area contributed by atoms with Crippen LogP contribution < -0.4 is 15.8 Å². The van der Waals surface area contributed by atoms with Crippen LogP contribution in [0.4, 0.5) is 0 Å². The highest BCUT2D eigenvalue weighted by molar-refractivity contribution is 7.89. The van der Waals surface area contributed by atoms with E-state index in [1.54, 1.807) is 19.1 Å². The van der Waals surface area contributed by atoms with E-state index >= 15 is 0 Å². The molecule has 0 radical (unpaired) electrons. The Bertz CT molecular complexity index is 676. The van der Waals surface area contributed by atoms with Crippen molar-refractivity contribution in [1.29, 1.82) is 0 Å². The number of sulfonamides is 1. The zero-order chi connectivity index (χ0) is 15.6. The molecule has 1 aliphatic rings. The Morgan fingerprint density at radius 3 is 2.71 bits per heavy atom. The van der Waals surface area contributed by atoms with E-state index in [2.05, 4.69) is 10.0 Å². The van der Waals surface area contributed by atoms with Crippen molar-refractivity contribution < 1.29 is 13.2 Å². The first-order chi connectivity index (χ1) is 9.79. The maximum atomic E-state index is 12.4. The summed E-state index contributed by atoms with van der Waals surface area (Å²) in [4.78, 5) is 11.5. The number of nitrogens with two attached hydrogens (primary N) is 1. The molecular formula is C13H17N3O3S2. The molecule has 1 amide bonds. The van der Waals surface area contributed by atoms with Gasteiger partial charge in [0.15, 0.2) is 0 Å². The highest BCUT2D eigenvalue weighted by atomic mass is 32.2. The summed E-state index contributed by atoms with van der Waals surface area (Å²) < 4.78 is 27.4. The van der Waals surface area contributed by atoms with E-state index in [9.17, 15) is 13.2 Å². The summed E-state index contributed by atoms with van der Waals surface area (Å²) in [6, 6.07) is 4.45. The lowest BCUT2D eigenvalue weighted by Crippen LogP contribution is -2.47. The van der Waals surface area contributed by atoms with Crippen LogP contribution in [0.25, 0.3) is 0 Å². The number of carbonyl (C=O) groups excluding carboxylic acids is 1. The van der Waals surface area contributed by atoms with Crippen molar-refractivity contribution in [3.05, 3.63) is 29.3 Å². The summed E-state index contributed by atoms with van der Waals surface area (Å²) in [5.74, 6) is -0.0533. The largest absolute Gasteiger partial charge is 0.389 e. The van der Waals surface area contributed by atoms with E-state index in [1.807, 2.05) is 0 Å². The average molecular weight is 327 g/mol. The van der Waals surface area contributed by atoms with Crippen LogP contribution in [0, 0.1) is 6.92 Å². The van der Waals surface area contributed by atoms with E-state index in [0.717, 1.165) is 0 Å². The molecule has 2 rings (SSSR count). The van der Waals surface area contributed by atoms with Crippen LogP contribution in [0.3, 0.4) is 0 Å². The number of hydrogen-bond donors (Lipinski definition) is 3. The summed E-state index contributed by atoms with van der Waals surface area (Å²) in [7, 11) is -3.64. The van der Waals surface area contributed by atoms with Crippen LogP contribution in [-0.4, -0.2) is 31.9 Å². The fourth-order valence-electron chi connectivity index (χ4n) is 2.22. The van der Waals surface area contributed by atoms with E-state index in [4.69, 9.17) is 18.0 Å². The Morgan fingerprint density at radius 1 is 1.48 bits per heavy atom. The molecule has 1 saturated heterocycles. The highest BCUT2D eigenvalue weighted by Crippen LogP contribution is 2.18. The van der Waals surface area contributed by atoms with Gasteiger partial charge in [-0.1, -0.05) is 18.3 Å². The molecule has 6 nitrogen and oxygen atoms in total. The van der Waals surface area contributed by atoms with Crippen molar-refractivity contribution in [2.45, 2.75) is 30.7 Å². The van der Waals surface area contributed by atoms with Gasteiger partial charge >= 0.3 is 0 Å². The van der Waals surface area contributed by atoms with Crippen molar-refractivity contribution >= 4 is 33.1 Å². The Morgan fingerprint density at radius 2 is 2.19 bits per heavy atom. The maximum absolute atomic E-state index is 12.4. The summed E-state index contributed by atoms with van der Waals surface area (Å²) in [6.07, 6.45) is 0.821. The average Bonchev–Trinajstić information content (AvgIpc) is 2.40. The van der Waals surface area contributed by atoms with Crippen LogP contribution in [0.1, 0.15) is 24.0 Å². The summed E-state index contributed by atoms with van der Waals surface area (Å²) in [5.41, 5.74) is 6.74. The van der Waals surface area contributed by atoms with Crippen molar-refractivity contribution in [3.8, 4) is 0 Å².